The maximum absolute atomic E-state index is 13.2. The maximum Gasteiger partial charge on any atom is 0.247 e. The first-order chi connectivity index (χ1) is 14.1. The van der Waals surface area contributed by atoms with Crippen molar-refractivity contribution in [3.63, 3.8) is 0 Å². The summed E-state index contributed by atoms with van der Waals surface area (Å²) >= 11 is 0. The van der Waals surface area contributed by atoms with E-state index in [0.717, 1.165) is 36.3 Å². The topological polar surface area (TPSA) is 67.9 Å². The quantitative estimate of drug-likeness (QED) is 0.745. The van der Waals surface area contributed by atoms with Crippen molar-refractivity contribution >= 4 is 11.8 Å². The van der Waals surface area contributed by atoms with Crippen molar-refractivity contribution in [1.82, 2.24) is 10.2 Å². The van der Waals surface area contributed by atoms with Crippen LogP contribution in [0.2, 0.25) is 0 Å². The summed E-state index contributed by atoms with van der Waals surface area (Å²) in [5, 5.41) is 2.98. The van der Waals surface area contributed by atoms with Gasteiger partial charge in [0.05, 0.1) is 13.2 Å². The van der Waals surface area contributed by atoms with Gasteiger partial charge in [0.25, 0.3) is 0 Å². The number of hydrogen-bond donors (Lipinski definition) is 1. The van der Waals surface area contributed by atoms with Crippen LogP contribution in [0, 0.1) is 0 Å². The number of carbonyl (C=O) groups excluding carboxylic acids is 2. The van der Waals surface area contributed by atoms with Crippen LogP contribution in [-0.2, 0) is 20.9 Å². The lowest BCUT2D eigenvalue weighted by atomic mass is 10.0. The van der Waals surface area contributed by atoms with Gasteiger partial charge in [-0.05, 0) is 36.1 Å². The molecule has 0 aromatic heterocycles. The van der Waals surface area contributed by atoms with E-state index in [1.807, 2.05) is 54.6 Å². The smallest absolute Gasteiger partial charge is 0.247 e. The van der Waals surface area contributed by atoms with Crippen LogP contribution in [0.1, 0.15) is 36.9 Å². The van der Waals surface area contributed by atoms with Crippen molar-refractivity contribution in [2.75, 3.05) is 20.3 Å². The molecule has 154 valence electrons. The molecule has 1 N–H and O–H groups in total. The van der Waals surface area contributed by atoms with Crippen molar-refractivity contribution in [2.45, 2.75) is 38.5 Å². The molecule has 0 saturated carbocycles. The van der Waals surface area contributed by atoms with Crippen molar-refractivity contribution in [3.05, 3.63) is 65.7 Å². The van der Waals surface area contributed by atoms with Crippen LogP contribution < -0.4 is 10.1 Å². The molecule has 6 nitrogen and oxygen atoms in total. The second-order valence-electron chi connectivity index (χ2n) is 7.19. The maximum atomic E-state index is 13.2. The minimum Gasteiger partial charge on any atom is -0.497 e. The molecule has 1 heterocycles. The summed E-state index contributed by atoms with van der Waals surface area (Å²) in [5.41, 5.74) is 1.70. The van der Waals surface area contributed by atoms with E-state index in [1.54, 1.807) is 12.0 Å². The number of nitrogens with zero attached hydrogens (tertiary/aromatic N) is 1. The van der Waals surface area contributed by atoms with Crippen LogP contribution in [-0.4, -0.2) is 43.1 Å². The molecule has 0 radical (unpaired) electrons. The van der Waals surface area contributed by atoms with Gasteiger partial charge in [0.15, 0.2) is 0 Å². The van der Waals surface area contributed by atoms with Gasteiger partial charge in [-0.2, -0.15) is 0 Å². The van der Waals surface area contributed by atoms with Crippen LogP contribution in [0.5, 0.6) is 5.75 Å². The van der Waals surface area contributed by atoms with E-state index in [-0.39, 0.29) is 17.9 Å². The Bertz CT molecular complexity index is 801. The van der Waals surface area contributed by atoms with E-state index in [9.17, 15) is 9.59 Å². The Morgan fingerprint density at radius 3 is 2.48 bits per heavy atom. The van der Waals surface area contributed by atoms with Crippen LogP contribution in [0.15, 0.2) is 54.6 Å². The second-order valence-corrected chi connectivity index (χ2v) is 7.19. The molecule has 2 aromatic rings. The van der Waals surface area contributed by atoms with E-state index in [2.05, 4.69) is 5.32 Å². The third kappa shape index (κ3) is 5.57. The molecule has 1 aliphatic heterocycles. The molecule has 3 rings (SSSR count). The molecule has 1 aliphatic rings. The molecule has 0 bridgehead atoms. The minimum atomic E-state index is -0.711. The fraction of sp³-hybridized carbons (Fsp3) is 0.391. The number of carbonyl (C=O) groups is 2. The highest BCUT2D eigenvalue weighted by Crippen LogP contribution is 2.25. The predicted octanol–water partition coefficient (Wildman–Crippen LogP) is 3.08. The van der Waals surface area contributed by atoms with Crippen LogP contribution >= 0.6 is 0 Å². The Morgan fingerprint density at radius 1 is 1.17 bits per heavy atom. The summed E-state index contributed by atoms with van der Waals surface area (Å²) in [5.74, 6) is 0.384. The molecule has 6 heteroatoms. The molecule has 2 amide bonds. The lowest BCUT2D eigenvalue weighted by molar-refractivity contribution is -0.140. The van der Waals surface area contributed by atoms with Gasteiger partial charge in [-0.15, -0.1) is 0 Å². The zero-order chi connectivity index (χ0) is 20.6. The summed E-state index contributed by atoms with van der Waals surface area (Å²) in [6.45, 7) is 3.01. The second kappa shape index (κ2) is 10.1. The van der Waals surface area contributed by atoms with Gasteiger partial charge in [0, 0.05) is 26.6 Å². The van der Waals surface area contributed by atoms with Gasteiger partial charge in [-0.25, -0.2) is 0 Å². The fourth-order valence-corrected chi connectivity index (χ4v) is 3.54. The number of nitrogens with one attached hydrogen (secondary N) is 1. The molecule has 29 heavy (non-hydrogen) atoms. The van der Waals surface area contributed by atoms with E-state index in [1.165, 1.54) is 6.92 Å². The number of rotatable bonds is 8. The number of amides is 2. The monoisotopic (exact) mass is 396 g/mol. The van der Waals surface area contributed by atoms with Gasteiger partial charge in [0.2, 0.25) is 11.8 Å². The predicted molar refractivity (Wildman–Crippen MR) is 110 cm³/mol. The van der Waals surface area contributed by atoms with Gasteiger partial charge in [-0.3, -0.25) is 9.59 Å². The molecular weight excluding hydrogens is 368 g/mol. The first-order valence-corrected chi connectivity index (χ1v) is 9.93. The van der Waals surface area contributed by atoms with Crippen molar-refractivity contribution in [2.24, 2.45) is 0 Å². The molecular formula is C23H28N2O4. The molecule has 0 aliphatic carbocycles. The van der Waals surface area contributed by atoms with E-state index in [4.69, 9.17) is 9.47 Å². The fourth-order valence-electron chi connectivity index (χ4n) is 3.54. The summed E-state index contributed by atoms with van der Waals surface area (Å²) < 4.78 is 10.8. The highest BCUT2D eigenvalue weighted by Gasteiger charge is 2.30. The third-order valence-electron chi connectivity index (χ3n) is 5.12. The first-order valence-electron chi connectivity index (χ1n) is 9.93. The first kappa shape index (κ1) is 20.9. The Balaban J connectivity index is 1.82. The molecule has 2 aromatic carbocycles. The van der Waals surface area contributed by atoms with Crippen molar-refractivity contribution in [3.8, 4) is 5.75 Å². The summed E-state index contributed by atoms with van der Waals surface area (Å²) in [6.07, 6.45) is 2.00. The molecule has 0 spiro atoms. The molecule has 1 saturated heterocycles. The standard InChI is InChI=1S/C23H28N2O4/c1-17(26)25(16-18-10-12-20(28-2)13-11-18)22(19-7-4-3-5-8-19)23(27)24-15-21-9-6-14-29-21/h3-5,7-8,10-13,21-22H,6,9,14-16H2,1-2H3,(H,24,27)/t21-,22-/m1/s1. The Morgan fingerprint density at radius 2 is 1.90 bits per heavy atom. The Hall–Kier alpha value is -2.86. The average molecular weight is 396 g/mol. The molecule has 1 fully saturated rings. The van der Waals surface area contributed by atoms with Crippen molar-refractivity contribution < 1.29 is 19.1 Å². The SMILES string of the molecule is COc1ccc(CN(C(C)=O)[C@@H](C(=O)NC[C@H]2CCCO2)c2ccccc2)cc1. The summed E-state index contributed by atoms with van der Waals surface area (Å²) in [6, 6.07) is 16.2. The van der Waals surface area contributed by atoms with E-state index >= 15 is 0 Å². The molecule has 2 atom stereocenters. The van der Waals surface area contributed by atoms with E-state index < -0.39 is 6.04 Å². The van der Waals surface area contributed by atoms with E-state index in [0.29, 0.717) is 13.1 Å². The Kier molecular flexibility index (Phi) is 7.25. The lowest BCUT2D eigenvalue weighted by Gasteiger charge is -2.31. The minimum absolute atomic E-state index is 0.0442. The zero-order valence-electron chi connectivity index (χ0n) is 17.0. The van der Waals surface area contributed by atoms with Crippen LogP contribution in [0.3, 0.4) is 0 Å². The third-order valence-corrected chi connectivity index (χ3v) is 5.12. The summed E-state index contributed by atoms with van der Waals surface area (Å²) in [7, 11) is 1.61. The number of benzene rings is 2. The lowest BCUT2D eigenvalue weighted by Crippen LogP contribution is -2.44. The largest absolute Gasteiger partial charge is 0.497 e. The summed E-state index contributed by atoms with van der Waals surface area (Å²) in [4.78, 5) is 27.3. The van der Waals surface area contributed by atoms with Crippen LogP contribution in [0.4, 0.5) is 0 Å². The van der Waals surface area contributed by atoms with Crippen molar-refractivity contribution in [1.29, 1.82) is 0 Å². The molecule has 0 unspecified atom stereocenters. The number of ether oxygens (including phenoxy) is 2. The highest BCUT2D eigenvalue weighted by atomic mass is 16.5. The normalized spacial score (nSPS) is 16.8. The zero-order valence-corrected chi connectivity index (χ0v) is 17.0. The van der Waals surface area contributed by atoms with Gasteiger partial charge >= 0.3 is 0 Å². The average Bonchev–Trinajstić information content (AvgIpc) is 3.26. The van der Waals surface area contributed by atoms with Gasteiger partial charge in [-0.1, -0.05) is 42.5 Å². The Labute approximate surface area is 171 Å². The van der Waals surface area contributed by atoms with Gasteiger partial charge < -0.3 is 19.7 Å². The highest BCUT2D eigenvalue weighted by molar-refractivity contribution is 5.88. The van der Waals surface area contributed by atoms with Gasteiger partial charge in [0.1, 0.15) is 11.8 Å². The van der Waals surface area contributed by atoms with Crippen LogP contribution in [0.25, 0.3) is 0 Å². The number of hydrogen-bond acceptors (Lipinski definition) is 4. The number of methoxy groups -OCH3 is 1.